The van der Waals surface area contributed by atoms with Crippen LogP contribution >= 0.6 is 0 Å². The molecule has 0 aromatic heterocycles. The van der Waals surface area contributed by atoms with Crippen LogP contribution in [0.2, 0.25) is 0 Å². The van der Waals surface area contributed by atoms with E-state index in [9.17, 15) is 9.90 Å². The van der Waals surface area contributed by atoms with Crippen molar-refractivity contribution >= 4 is 17.3 Å². The first kappa shape index (κ1) is 13.9. The molecule has 1 aliphatic rings. The van der Waals surface area contributed by atoms with E-state index in [4.69, 9.17) is 0 Å². The summed E-state index contributed by atoms with van der Waals surface area (Å²) in [6.07, 6.45) is 0.471. The van der Waals surface area contributed by atoms with Crippen LogP contribution in [0.15, 0.2) is 18.2 Å². The van der Waals surface area contributed by atoms with Crippen molar-refractivity contribution in [2.75, 3.05) is 30.5 Å². The summed E-state index contributed by atoms with van der Waals surface area (Å²) in [5.74, 6) is 0.505. The van der Waals surface area contributed by atoms with Gasteiger partial charge in [0.15, 0.2) is 0 Å². The Labute approximate surface area is 114 Å². The Bertz CT molecular complexity index is 485. The van der Waals surface area contributed by atoms with Crippen molar-refractivity contribution < 1.29 is 9.90 Å². The highest BCUT2D eigenvalue weighted by Crippen LogP contribution is 2.32. The van der Waals surface area contributed by atoms with Gasteiger partial charge in [0.1, 0.15) is 0 Å². The van der Waals surface area contributed by atoms with Gasteiger partial charge in [0.2, 0.25) is 5.91 Å². The summed E-state index contributed by atoms with van der Waals surface area (Å²) in [5.41, 5.74) is 3.11. The van der Waals surface area contributed by atoms with Crippen LogP contribution in [0.4, 0.5) is 11.4 Å². The maximum atomic E-state index is 11.7. The standard InChI is InChI=1S/C15H22N2O2/c1-10(2)14(9-18)16(3)12-5-6-13-11(7-12)8-15(19)17(13)4/h5-7,10,14,18H,8-9H2,1-4H3. The Morgan fingerprint density at radius 3 is 2.68 bits per heavy atom. The van der Waals surface area contributed by atoms with Gasteiger partial charge in [-0.3, -0.25) is 4.79 Å². The fourth-order valence-electron chi connectivity index (χ4n) is 2.65. The number of anilines is 2. The Balaban J connectivity index is 2.28. The van der Waals surface area contributed by atoms with Crippen molar-refractivity contribution in [3.8, 4) is 0 Å². The van der Waals surface area contributed by atoms with Crippen LogP contribution in [0, 0.1) is 5.92 Å². The first-order chi connectivity index (χ1) is 8.95. The number of amides is 1. The highest BCUT2D eigenvalue weighted by Gasteiger charge is 2.25. The van der Waals surface area contributed by atoms with Gasteiger partial charge in [-0.25, -0.2) is 0 Å². The van der Waals surface area contributed by atoms with Crippen molar-refractivity contribution in [2.24, 2.45) is 5.92 Å². The number of benzene rings is 1. The van der Waals surface area contributed by atoms with Crippen LogP contribution in [0.3, 0.4) is 0 Å². The number of rotatable bonds is 4. The number of hydrogen-bond donors (Lipinski definition) is 1. The molecule has 1 atom stereocenters. The van der Waals surface area contributed by atoms with Crippen molar-refractivity contribution in [1.29, 1.82) is 0 Å². The van der Waals surface area contributed by atoms with Gasteiger partial charge in [-0.2, -0.15) is 0 Å². The fourth-order valence-corrected chi connectivity index (χ4v) is 2.65. The van der Waals surface area contributed by atoms with Gasteiger partial charge in [-0.1, -0.05) is 13.8 Å². The normalized spacial score (nSPS) is 15.9. The van der Waals surface area contributed by atoms with Crippen LogP contribution in [0.1, 0.15) is 19.4 Å². The van der Waals surface area contributed by atoms with Gasteiger partial charge in [-0.05, 0) is 29.7 Å². The van der Waals surface area contributed by atoms with Crippen molar-refractivity contribution in [3.05, 3.63) is 23.8 Å². The molecule has 1 aromatic carbocycles. The molecule has 0 bridgehead atoms. The number of hydrogen-bond acceptors (Lipinski definition) is 3. The third kappa shape index (κ3) is 2.45. The number of carbonyl (C=O) groups excluding carboxylic acids is 1. The molecule has 1 unspecified atom stereocenters. The van der Waals surface area contributed by atoms with E-state index in [2.05, 4.69) is 24.8 Å². The molecule has 4 nitrogen and oxygen atoms in total. The third-order valence-electron chi connectivity index (χ3n) is 4.00. The van der Waals surface area contributed by atoms with E-state index >= 15 is 0 Å². The smallest absolute Gasteiger partial charge is 0.231 e. The van der Waals surface area contributed by atoms with Gasteiger partial charge in [0.05, 0.1) is 19.1 Å². The average Bonchev–Trinajstić information content (AvgIpc) is 2.65. The van der Waals surface area contributed by atoms with E-state index in [1.807, 2.05) is 26.2 Å². The second-order valence-corrected chi connectivity index (χ2v) is 5.55. The van der Waals surface area contributed by atoms with Crippen molar-refractivity contribution in [2.45, 2.75) is 26.3 Å². The molecule has 1 N–H and O–H groups in total. The number of fused-ring (bicyclic) bond motifs is 1. The molecule has 4 heteroatoms. The lowest BCUT2D eigenvalue weighted by Crippen LogP contribution is -2.38. The quantitative estimate of drug-likeness (QED) is 0.897. The van der Waals surface area contributed by atoms with E-state index in [0.29, 0.717) is 12.3 Å². The topological polar surface area (TPSA) is 43.8 Å². The Morgan fingerprint density at radius 1 is 1.42 bits per heavy atom. The molecule has 2 rings (SSSR count). The summed E-state index contributed by atoms with van der Waals surface area (Å²) < 4.78 is 0. The minimum atomic E-state index is 0.0906. The predicted octanol–water partition coefficient (Wildman–Crippen LogP) is 1.66. The molecule has 1 aromatic rings. The zero-order valence-corrected chi connectivity index (χ0v) is 12.1. The van der Waals surface area contributed by atoms with Gasteiger partial charge < -0.3 is 14.9 Å². The van der Waals surface area contributed by atoms with Crippen LogP contribution in [-0.2, 0) is 11.2 Å². The minimum absolute atomic E-state index is 0.0906. The molecule has 1 amide bonds. The SMILES string of the molecule is CC(C)C(CO)N(C)c1ccc2c(c1)CC(=O)N2C. The molecule has 104 valence electrons. The van der Waals surface area contributed by atoms with Gasteiger partial charge in [0, 0.05) is 25.5 Å². The molecular formula is C15H22N2O2. The lowest BCUT2D eigenvalue weighted by atomic mass is 10.0. The third-order valence-corrected chi connectivity index (χ3v) is 4.00. The molecule has 0 radical (unpaired) electrons. The monoisotopic (exact) mass is 262 g/mol. The number of carbonyl (C=O) groups is 1. The number of likely N-dealkylation sites (N-methyl/N-ethyl adjacent to an activating group) is 2. The summed E-state index contributed by atoms with van der Waals surface area (Å²) >= 11 is 0. The molecular weight excluding hydrogens is 240 g/mol. The lowest BCUT2D eigenvalue weighted by Gasteiger charge is -2.32. The largest absolute Gasteiger partial charge is 0.394 e. The predicted molar refractivity (Wildman–Crippen MR) is 77.7 cm³/mol. The highest BCUT2D eigenvalue weighted by atomic mass is 16.3. The van der Waals surface area contributed by atoms with Crippen LogP contribution < -0.4 is 9.80 Å². The highest BCUT2D eigenvalue weighted by molar-refractivity contribution is 6.01. The molecule has 0 saturated heterocycles. The molecule has 0 saturated carbocycles. The van der Waals surface area contributed by atoms with E-state index in [-0.39, 0.29) is 18.6 Å². The van der Waals surface area contributed by atoms with E-state index in [0.717, 1.165) is 16.9 Å². The molecule has 0 fully saturated rings. The Morgan fingerprint density at radius 2 is 2.11 bits per heavy atom. The van der Waals surface area contributed by atoms with E-state index in [1.165, 1.54) is 0 Å². The number of aliphatic hydroxyl groups is 1. The zero-order valence-electron chi connectivity index (χ0n) is 12.1. The summed E-state index contributed by atoms with van der Waals surface area (Å²) in [5, 5.41) is 9.50. The van der Waals surface area contributed by atoms with Crippen LogP contribution in [0.5, 0.6) is 0 Å². The summed E-state index contributed by atoms with van der Waals surface area (Å²) in [6.45, 7) is 4.33. The van der Waals surface area contributed by atoms with Crippen molar-refractivity contribution in [1.82, 2.24) is 0 Å². The Hall–Kier alpha value is -1.55. The molecule has 19 heavy (non-hydrogen) atoms. The lowest BCUT2D eigenvalue weighted by molar-refractivity contribution is -0.117. The molecule has 1 aliphatic heterocycles. The zero-order chi connectivity index (χ0) is 14.2. The first-order valence-electron chi connectivity index (χ1n) is 6.69. The molecule has 0 aliphatic carbocycles. The summed E-state index contributed by atoms with van der Waals surface area (Å²) in [6, 6.07) is 6.15. The van der Waals surface area contributed by atoms with E-state index < -0.39 is 0 Å². The second kappa shape index (κ2) is 5.21. The van der Waals surface area contributed by atoms with Gasteiger partial charge in [-0.15, -0.1) is 0 Å². The number of aliphatic hydroxyl groups excluding tert-OH is 1. The second-order valence-electron chi connectivity index (χ2n) is 5.55. The van der Waals surface area contributed by atoms with E-state index in [1.54, 1.807) is 4.90 Å². The number of nitrogens with zero attached hydrogens (tertiary/aromatic N) is 2. The summed E-state index contributed by atoms with van der Waals surface area (Å²) in [7, 11) is 3.80. The maximum absolute atomic E-state index is 11.7. The first-order valence-corrected chi connectivity index (χ1v) is 6.69. The van der Waals surface area contributed by atoms with Gasteiger partial charge >= 0.3 is 0 Å². The van der Waals surface area contributed by atoms with Crippen LogP contribution in [-0.4, -0.2) is 37.8 Å². The van der Waals surface area contributed by atoms with Crippen LogP contribution in [0.25, 0.3) is 0 Å². The molecule has 0 spiro atoms. The maximum Gasteiger partial charge on any atom is 0.231 e. The fraction of sp³-hybridized carbons (Fsp3) is 0.533. The average molecular weight is 262 g/mol. The molecule has 1 heterocycles. The van der Waals surface area contributed by atoms with Gasteiger partial charge in [0.25, 0.3) is 0 Å². The summed E-state index contributed by atoms with van der Waals surface area (Å²) in [4.78, 5) is 15.5. The van der Waals surface area contributed by atoms with Crippen molar-refractivity contribution in [3.63, 3.8) is 0 Å². The minimum Gasteiger partial charge on any atom is -0.394 e. The Kier molecular flexibility index (Phi) is 3.80.